The number of halogens is 1. The molecule has 2 aromatic rings. The lowest BCUT2D eigenvalue weighted by molar-refractivity contribution is 0.174. The number of benzene rings is 1. The average Bonchev–Trinajstić information content (AvgIpc) is 3.38. The zero-order chi connectivity index (χ0) is 17.9. The van der Waals surface area contributed by atoms with E-state index in [0.29, 0.717) is 12.7 Å². The van der Waals surface area contributed by atoms with Crippen molar-refractivity contribution in [1.82, 2.24) is 20.0 Å². The Hall–Kier alpha value is -1.97. The minimum atomic E-state index is 0. The number of aryl methyl sites for hydroxylation is 1. The largest absolute Gasteiger partial charge is 0.454 e. The second-order valence-electron chi connectivity index (χ2n) is 6.79. The third kappa shape index (κ3) is 4.48. The van der Waals surface area contributed by atoms with E-state index >= 15 is 0 Å². The molecule has 7 nitrogen and oxygen atoms in total. The zero-order valence-electron chi connectivity index (χ0n) is 15.7. The summed E-state index contributed by atoms with van der Waals surface area (Å²) in [6, 6.07) is 6.12. The summed E-state index contributed by atoms with van der Waals surface area (Å²) in [5.41, 5.74) is 2.54. The summed E-state index contributed by atoms with van der Waals surface area (Å²) in [6.07, 6.45) is 6.14. The third-order valence-corrected chi connectivity index (χ3v) is 5.03. The van der Waals surface area contributed by atoms with Gasteiger partial charge in [0.25, 0.3) is 0 Å². The van der Waals surface area contributed by atoms with Crippen LogP contribution in [0.5, 0.6) is 11.5 Å². The number of ether oxygens (including phenoxy) is 2. The lowest BCUT2D eigenvalue weighted by atomic mass is 10.0. The van der Waals surface area contributed by atoms with Crippen LogP contribution in [-0.4, -0.2) is 54.1 Å². The minimum absolute atomic E-state index is 0. The number of guanidine groups is 1. The number of aromatic nitrogens is 2. The average molecular weight is 483 g/mol. The fraction of sp³-hybridized carbons (Fsp3) is 0.474. The van der Waals surface area contributed by atoms with Crippen LogP contribution in [0.3, 0.4) is 0 Å². The maximum Gasteiger partial charge on any atom is 0.231 e. The number of hydrogen-bond donors (Lipinski definition) is 1. The van der Waals surface area contributed by atoms with Crippen molar-refractivity contribution in [1.29, 1.82) is 0 Å². The summed E-state index contributed by atoms with van der Waals surface area (Å²) in [5.74, 6) is 3.16. The molecular formula is C19H26IN5O2. The third-order valence-electron chi connectivity index (χ3n) is 5.03. The maximum absolute atomic E-state index is 5.44. The Kier molecular flexibility index (Phi) is 6.46. The van der Waals surface area contributed by atoms with E-state index in [1.165, 1.54) is 11.1 Å². The van der Waals surface area contributed by atoms with Crippen molar-refractivity contribution >= 4 is 29.9 Å². The van der Waals surface area contributed by atoms with E-state index in [2.05, 4.69) is 38.6 Å². The SMILES string of the molecule is CN=C(NCCc1ccc2c(c1)OCO2)N1CCC(c2cnn(C)c2)C1.I. The van der Waals surface area contributed by atoms with Crippen LogP contribution < -0.4 is 14.8 Å². The van der Waals surface area contributed by atoms with E-state index in [1.54, 1.807) is 0 Å². The molecule has 3 heterocycles. The molecular weight excluding hydrogens is 457 g/mol. The molecule has 0 spiro atoms. The van der Waals surface area contributed by atoms with Gasteiger partial charge in [-0.2, -0.15) is 5.10 Å². The predicted molar refractivity (Wildman–Crippen MR) is 115 cm³/mol. The molecule has 0 saturated carbocycles. The fourth-order valence-electron chi connectivity index (χ4n) is 3.62. The van der Waals surface area contributed by atoms with Crippen LogP contribution in [0.2, 0.25) is 0 Å². The summed E-state index contributed by atoms with van der Waals surface area (Å²) in [5, 5.41) is 7.78. The van der Waals surface area contributed by atoms with Gasteiger partial charge in [0.2, 0.25) is 6.79 Å². The first-order valence-electron chi connectivity index (χ1n) is 9.05. The number of rotatable bonds is 4. The van der Waals surface area contributed by atoms with Gasteiger partial charge in [0.15, 0.2) is 17.5 Å². The van der Waals surface area contributed by atoms with Gasteiger partial charge in [0, 0.05) is 45.8 Å². The Bertz CT molecular complexity index is 807. The lowest BCUT2D eigenvalue weighted by Gasteiger charge is -2.21. The quantitative estimate of drug-likeness (QED) is 0.411. The van der Waals surface area contributed by atoms with Gasteiger partial charge in [-0.3, -0.25) is 9.67 Å². The number of fused-ring (bicyclic) bond motifs is 1. The molecule has 1 aromatic carbocycles. The molecule has 0 bridgehead atoms. The van der Waals surface area contributed by atoms with E-state index in [-0.39, 0.29) is 24.0 Å². The van der Waals surface area contributed by atoms with E-state index in [1.807, 2.05) is 31.0 Å². The minimum Gasteiger partial charge on any atom is -0.454 e. The van der Waals surface area contributed by atoms with E-state index < -0.39 is 0 Å². The first-order valence-corrected chi connectivity index (χ1v) is 9.05. The smallest absolute Gasteiger partial charge is 0.231 e. The van der Waals surface area contributed by atoms with Gasteiger partial charge in [-0.25, -0.2) is 0 Å². The zero-order valence-corrected chi connectivity index (χ0v) is 18.1. The Balaban J connectivity index is 0.00000210. The molecule has 1 saturated heterocycles. The van der Waals surface area contributed by atoms with Crippen LogP contribution in [0.25, 0.3) is 0 Å². The van der Waals surface area contributed by atoms with Crippen molar-refractivity contribution in [3.05, 3.63) is 41.7 Å². The Labute approximate surface area is 176 Å². The Morgan fingerprint density at radius 1 is 1.33 bits per heavy atom. The monoisotopic (exact) mass is 483 g/mol. The summed E-state index contributed by atoms with van der Waals surface area (Å²) in [4.78, 5) is 6.79. The van der Waals surface area contributed by atoms with Crippen molar-refractivity contribution in [2.45, 2.75) is 18.8 Å². The second kappa shape index (κ2) is 8.81. The van der Waals surface area contributed by atoms with Crippen molar-refractivity contribution < 1.29 is 9.47 Å². The maximum atomic E-state index is 5.44. The van der Waals surface area contributed by atoms with E-state index in [9.17, 15) is 0 Å². The number of hydrogen-bond acceptors (Lipinski definition) is 4. The van der Waals surface area contributed by atoms with Gasteiger partial charge in [-0.15, -0.1) is 24.0 Å². The number of aliphatic imine (C=N–C) groups is 1. The van der Waals surface area contributed by atoms with Gasteiger partial charge in [-0.1, -0.05) is 6.07 Å². The first kappa shape index (κ1) is 19.8. The highest BCUT2D eigenvalue weighted by Gasteiger charge is 2.26. The molecule has 2 aliphatic rings. The topological polar surface area (TPSA) is 63.9 Å². The first-order chi connectivity index (χ1) is 12.7. The molecule has 1 unspecified atom stereocenters. The van der Waals surface area contributed by atoms with Crippen LogP contribution >= 0.6 is 24.0 Å². The number of likely N-dealkylation sites (tertiary alicyclic amines) is 1. The number of nitrogens with one attached hydrogen (secondary N) is 1. The summed E-state index contributed by atoms with van der Waals surface area (Å²) in [7, 11) is 3.81. The highest BCUT2D eigenvalue weighted by molar-refractivity contribution is 14.0. The van der Waals surface area contributed by atoms with Crippen molar-refractivity contribution in [2.75, 3.05) is 33.5 Å². The van der Waals surface area contributed by atoms with Gasteiger partial charge in [-0.05, 0) is 36.1 Å². The van der Waals surface area contributed by atoms with E-state index in [0.717, 1.165) is 49.9 Å². The molecule has 4 rings (SSSR count). The molecule has 1 aromatic heterocycles. The Morgan fingerprint density at radius 2 is 2.19 bits per heavy atom. The lowest BCUT2D eigenvalue weighted by Crippen LogP contribution is -2.40. The normalized spacial score (nSPS) is 18.5. The molecule has 1 fully saturated rings. The molecule has 1 N–H and O–H groups in total. The molecule has 0 aliphatic carbocycles. The Morgan fingerprint density at radius 3 is 2.96 bits per heavy atom. The highest BCUT2D eigenvalue weighted by Crippen LogP contribution is 2.32. The standard InChI is InChI=1S/C19H25N5O2.HI/c1-20-19(24-8-6-15(12-24)16-10-22-23(2)11-16)21-7-5-14-3-4-17-18(9-14)26-13-25-17;/h3-4,9-11,15H,5-8,12-13H2,1-2H3,(H,20,21);1H. The van der Waals surface area contributed by atoms with Crippen molar-refractivity contribution in [3.63, 3.8) is 0 Å². The molecule has 2 aliphatic heterocycles. The van der Waals surface area contributed by atoms with Crippen molar-refractivity contribution in [2.24, 2.45) is 12.0 Å². The van der Waals surface area contributed by atoms with Gasteiger partial charge in [0.05, 0.1) is 6.20 Å². The van der Waals surface area contributed by atoms with Crippen LogP contribution in [-0.2, 0) is 13.5 Å². The molecule has 1 atom stereocenters. The fourth-order valence-corrected chi connectivity index (χ4v) is 3.62. The van der Waals surface area contributed by atoms with Gasteiger partial charge < -0.3 is 19.7 Å². The molecule has 0 radical (unpaired) electrons. The second-order valence-corrected chi connectivity index (χ2v) is 6.79. The van der Waals surface area contributed by atoms with Crippen LogP contribution in [0.15, 0.2) is 35.6 Å². The van der Waals surface area contributed by atoms with Crippen LogP contribution in [0, 0.1) is 0 Å². The van der Waals surface area contributed by atoms with E-state index in [4.69, 9.17) is 9.47 Å². The van der Waals surface area contributed by atoms with Gasteiger partial charge >= 0.3 is 0 Å². The highest BCUT2D eigenvalue weighted by atomic mass is 127. The van der Waals surface area contributed by atoms with Crippen molar-refractivity contribution in [3.8, 4) is 11.5 Å². The molecule has 0 amide bonds. The van der Waals surface area contributed by atoms with Crippen LogP contribution in [0.1, 0.15) is 23.5 Å². The van der Waals surface area contributed by atoms with Gasteiger partial charge in [0.1, 0.15) is 0 Å². The molecule has 8 heteroatoms. The summed E-state index contributed by atoms with van der Waals surface area (Å²) in [6.45, 7) is 3.15. The molecule has 146 valence electrons. The summed E-state index contributed by atoms with van der Waals surface area (Å²) >= 11 is 0. The summed E-state index contributed by atoms with van der Waals surface area (Å²) < 4.78 is 12.7. The predicted octanol–water partition coefficient (Wildman–Crippen LogP) is 2.37. The van der Waals surface area contributed by atoms with Crippen LogP contribution in [0.4, 0.5) is 0 Å². The number of nitrogens with zero attached hydrogens (tertiary/aromatic N) is 4. The molecule has 27 heavy (non-hydrogen) atoms.